The Morgan fingerprint density at radius 2 is 1.85 bits per heavy atom. The lowest BCUT2D eigenvalue weighted by atomic mass is 9.97. The van der Waals surface area contributed by atoms with Crippen molar-refractivity contribution in [2.75, 3.05) is 0 Å². The highest BCUT2D eigenvalue weighted by Crippen LogP contribution is 2.48. The minimum Gasteiger partial charge on any atom is -0.0654 e. The molecule has 0 amide bonds. The van der Waals surface area contributed by atoms with Gasteiger partial charge in [-0.15, -0.1) is 0 Å². The van der Waals surface area contributed by atoms with Crippen LogP contribution in [-0.4, -0.2) is 0 Å². The van der Waals surface area contributed by atoms with Gasteiger partial charge in [0.05, 0.1) is 0 Å². The van der Waals surface area contributed by atoms with E-state index in [1.165, 1.54) is 38.5 Å². The summed E-state index contributed by atoms with van der Waals surface area (Å²) in [5.41, 5.74) is 0. The standard InChI is InChI=1S/C13H26/c1-4-6-8-11(3)13-10-12(13)9-7-5-2/h11-13H,4-10H2,1-3H3. The van der Waals surface area contributed by atoms with Gasteiger partial charge < -0.3 is 0 Å². The summed E-state index contributed by atoms with van der Waals surface area (Å²) in [7, 11) is 0. The molecular formula is C13H26. The van der Waals surface area contributed by atoms with E-state index in [1.54, 1.807) is 6.42 Å². The Balaban J connectivity index is 2.03. The van der Waals surface area contributed by atoms with Crippen molar-refractivity contribution >= 4 is 0 Å². The zero-order valence-electron chi connectivity index (χ0n) is 9.68. The summed E-state index contributed by atoms with van der Waals surface area (Å²) in [6.45, 7) is 7.07. The molecule has 78 valence electrons. The molecule has 1 fully saturated rings. The molecular weight excluding hydrogens is 156 g/mol. The molecule has 1 aliphatic carbocycles. The number of hydrogen-bond acceptors (Lipinski definition) is 0. The van der Waals surface area contributed by atoms with Crippen molar-refractivity contribution in [3.63, 3.8) is 0 Å². The third-order valence-electron chi connectivity index (χ3n) is 3.65. The number of rotatable bonds is 7. The average molecular weight is 182 g/mol. The predicted molar refractivity (Wildman–Crippen MR) is 59.8 cm³/mol. The maximum atomic E-state index is 2.46. The van der Waals surface area contributed by atoms with Gasteiger partial charge in [0.2, 0.25) is 0 Å². The third kappa shape index (κ3) is 3.70. The minimum atomic E-state index is 1.02. The zero-order valence-corrected chi connectivity index (χ0v) is 9.68. The molecule has 0 aromatic rings. The van der Waals surface area contributed by atoms with Gasteiger partial charge in [0.25, 0.3) is 0 Å². The lowest BCUT2D eigenvalue weighted by Gasteiger charge is -2.09. The van der Waals surface area contributed by atoms with Crippen LogP contribution in [0.15, 0.2) is 0 Å². The van der Waals surface area contributed by atoms with Crippen molar-refractivity contribution < 1.29 is 0 Å². The zero-order chi connectivity index (χ0) is 9.68. The molecule has 1 saturated carbocycles. The van der Waals surface area contributed by atoms with E-state index >= 15 is 0 Å². The highest BCUT2D eigenvalue weighted by molar-refractivity contribution is 4.89. The van der Waals surface area contributed by atoms with Crippen LogP contribution in [0, 0.1) is 17.8 Å². The van der Waals surface area contributed by atoms with Gasteiger partial charge in [-0.3, -0.25) is 0 Å². The first-order valence-electron chi connectivity index (χ1n) is 6.29. The fourth-order valence-corrected chi connectivity index (χ4v) is 2.51. The van der Waals surface area contributed by atoms with Gasteiger partial charge in [-0.1, -0.05) is 59.3 Å². The van der Waals surface area contributed by atoms with Crippen LogP contribution < -0.4 is 0 Å². The largest absolute Gasteiger partial charge is 0.0654 e. The molecule has 0 bridgehead atoms. The fraction of sp³-hybridized carbons (Fsp3) is 1.00. The Labute approximate surface area is 84.1 Å². The minimum absolute atomic E-state index is 1.02. The highest BCUT2D eigenvalue weighted by atomic mass is 14.4. The smallest absolute Gasteiger partial charge is 0.0357 e. The van der Waals surface area contributed by atoms with Gasteiger partial charge in [-0.2, -0.15) is 0 Å². The molecule has 0 nitrogen and oxygen atoms in total. The maximum Gasteiger partial charge on any atom is -0.0357 e. The molecule has 0 aromatic carbocycles. The van der Waals surface area contributed by atoms with Gasteiger partial charge in [0.1, 0.15) is 0 Å². The topological polar surface area (TPSA) is 0 Å². The number of hydrogen-bond donors (Lipinski definition) is 0. The van der Waals surface area contributed by atoms with E-state index in [1.807, 2.05) is 0 Å². The normalized spacial score (nSPS) is 28.8. The second kappa shape index (κ2) is 5.67. The average Bonchev–Trinajstić information content (AvgIpc) is 2.90. The first kappa shape index (κ1) is 11.1. The van der Waals surface area contributed by atoms with Crippen molar-refractivity contribution in [3.8, 4) is 0 Å². The molecule has 3 unspecified atom stereocenters. The van der Waals surface area contributed by atoms with Gasteiger partial charge in [-0.05, 0) is 24.2 Å². The Kier molecular flexibility index (Phi) is 4.83. The summed E-state index contributed by atoms with van der Waals surface area (Å²) in [6, 6.07) is 0. The first-order chi connectivity index (χ1) is 6.29. The molecule has 13 heavy (non-hydrogen) atoms. The summed E-state index contributed by atoms with van der Waals surface area (Å²) >= 11 is 0. The van der Waals surface area contributed by atoms with Crippen LogP contribution in [0.1, 0.15) is 65.7 Å². The van der Waals surface area contributed by atoms with Crippen molar-refractivity contribution in [1.29, 1.82) is 0 Å². The summed E-state index contributed by atoms with van der Waals surface area (Å²) in [4.78, 5) is 0. The predicted octanol–water partition coefficient (Wildman–Crippen LogP) is 4.64. The summed E-state index contributed by atoms with van der Waals surface area (Å²) < 4.78 is 0. The van der Waals surface area contributed by atoms with Crippen LogP contribution in [0.4, 0.5) is 0 Å². The van der Waals surface area contributed by atoms with Crippen molar-refractivity contribution in [3.05, 3.63) is 0 Å². The van der Waals surface area contributed by atoms with Crippen LogP contribution in [-0.2, 0) is 0 Å². The van der Waals surface area contributed by atoms with E-state index in [0.29, 0.717) is 0 Å². The number of unbranched alkanes of at least 4 members (excludes halogenated alkanes) is 2. The summed E-state index contributed by atoms with van der Waals surface area (Å²) in [5, 5.41) is 0. The van der Waals surface area contributed by atoms with E-state index < -0.39 is 0 Å². The lowest BCUT2D eigenvalue weighted by Crippen LogP contribution is -1.99. The molecule has 3 atom stereocenters. The molecule has 0 aromatic heterocycles. The molecule has 1 rings (SSSR count). The molecule has 0 aliphatic heterocycles. The Hall–Kier alpha value is 0. The van der Waals surface area contributed by atoms with Crippen LogP contribution in [0.5, 0.6) is 0 Å². The Bertz CT molecular complexity index is 128. The van der Waals surface area contributed by atoms with Gasteiger partial charge in [0, 0.05) is 0 Å². The second-order valence-electron chi connectivity index (χ2n) is 4.92. The van der Waals surface area contributed by atoms with E-state index in [0.717, 1.165) is 17.8 Å². The summed E-state index contributed by atoms with van der Waals surface area (Å²) in [5.74, 6) is 3.24. The maximum absolute atomic E-state index is 2.46. The fourth-order valence-electron chi connectivity index (χ4n) is 2.51. The van der Waals surface area contributed by atoms with E-state index in [-0.39, 0.29) is 0 Å². The Morgan fingerprint density at radius 1 is 1.15 bits per heavy atom. The lowest BCUT2D eigenvalue weighted by molar-refractivity contribution is 0.417. The molecule has 0 radical (unpaired) electrons. The van der Waals surface area contributed by atoms with Gasteiger partial charge >= 0.3 is 0 Å². The SMILES string of the molecule is CCCCC(C)C1CC1CCCC. The van der Waals surface area contributed by atoms with Gasteiger partial charge in [-0.25, -0.2) is 0 Å². The highest BCUT2D eigenvalue weighted by Gasteiger charge is 2.39. The van der Waals surface area contributed by atoms with Crippen molar-refractivity contribution in [2.45, 2.75) is 65.7 Å². The third-order valence-corrected chi connectivity index (χ3v) is 3.65. The molecule has 0 saturated heterocycles. The molecule has 0 spiro atoms. The molecule has 0 heteroatoms. The molecule has 0 N–H and O–H groups in total. The van der Waals surface area contributed by atoms with Crippen molar-refractivity contribution in [1.82, 2.24) is 0 Å². The second-order valence-corrected chi connectivity index (χ2v) is 4.92. The van der Waals surface area contributed by atoms with E-state index in [9.17, 15) is 0 Å². The molecule has 1 aliphatic rings. The van der Waals surface area contributed by atoms with E-state index in [4.69, 9.17) is 0 Å². The Morgan fingerprint density at radius 3 is 2.46 bits per heavy atom. The van der Waals surface area contributed by atoms with Crippen LogP contribution in [0.3, 0.4) is 0 Å². The van der Waals surface area contributed by atoms with Crippen LogP contribution in [0.25, 0.3) is 0 Å². The van der Waals surface area contributed by atoms with Crippen LogP contribution >= 0.6 is 0 Å². The van der Waals surface area contributed by atoms with E-state index in [2.05, 4.69) is 20.8 Å². The monoisotopic (exact) mass is 182 g/mol. The van der Waals surface area contributed by atoms with Gasteiger partial charge in [0.15, 0.2) is 0 Å². The summed E-state index contributed by atoms with van der Waals surface area (Å²) in [6.07, 6.45) is 10.2. The molecule has 0 heterocycles. The van der Waals surface area contributed by atoms with Crippen molar-refractivity contribution in [2.24, 2.45) is 17.8 Å². The van der Waals surface area contributed by atoms with Crippen LogP contribution in [0.2, 0.25) is 0 Å². The first-order valence-corrected chi connectivity index (χ1v) is 6.29. The quantitative estimate of drug-likeness (QED) is 0.538.